The number of ether oxygens (including phenoxy) is 2. The van der Waals surface area contributed by atoms with Crippen molar-refractivity contribution in [3.05, 3.63) is 28.8 Å². The van der Waals surface area contributed by atoms with Gasteiger partial charge >= 0.3 is 0 Å². The smallest absolute Gasteiger partial charge is 0.125 e. The van der Waals surface area contributed by atoms with Crippen molar-refractivity contribution in [2.75, 3.05) is 26.9 Å². The molecule has 1 aromatic carbocycles. The Morgan fingerprint density at radius 1 is 1.12 bits per heavy atom. The summed E-state index contributed by atoms with van der Waals surface area (Å²) in [5.74, 6) is 0.970. The average molecular weight is 223 g/mol. The summed E-state index contributed by atoms with van der Waals surface area (Å²) < 4.78 is 10.6. The van der Waals surface area contributed by atoms with Crippen LogP contribution in [0.4, 0.5) is 0 Å². The predicted octanol–water partition coefficient (Wildman–Crippen LogP) is 1.83. The topological polar surface area (TPSA) is 44.5 Å². The summed E-state index contributed by atoms with van der Waals surface area (Å²) in [7, 11) is 1.67. The minimum absolute atomic E-state index is 0.592. The molecule has 0 radical (unpaired) electrons. The predicted molar refractivity (Wildman–Crippen MR) is 66.0 cm³/mol. The molecule has 16 heavy (non-hydrogen) atoms. The Bertz CT molecular complexity index is 314. The molecule has 0 aliphatic heterocycles. The number of nitrogens with two attached hydrogens (primary N) is 1. The van der Waals surface area contributed by atoms with Crippen LogP contribution in [0.5, 0.6) is 5.75 Å². The van der Waals surface area contributed by atoms with E-state index in [1.807, 2.05) is 0 Å². The van der Waals surface area contributed by atoms with E-state index in [0.29, 0.717) is 19.8 Å². The lowest BCUT2D eigenvalue weighted by atomic mass is 10.0. The van der Waals surface area contributed by atoms with Crippen molar-refractivity contribution < 1.29 is 9.47 Å². The number of benzene rings is 1. The molecule has 1 rings (SSSR count). The van der Waals surface area contributed by atoms with Gasteiger partial charge in [0.25, 0.3) is 0 Å². The monoisotopic (exact) mass is 223 g/mol. The highest BCUT2D eigenvalue weighted by molar-refractivity contribution is 5.43. The van der Waals surface area contributed by atoms with Crippen LogP contribution >= 0.6 is 0 Å². The number of hydrogen-bond donors (Lipinski definition) is 1. The summed E-state index contributed by atoms with van der Waals surface area (Å²) in [6, 6.07) is 4.28. The maximum absolute atomic E-state index is 5.68. The molecule has 0 aromatic heterocycles. The van der Waals surface area contributed by atoms with Gasteiger partial charge < -0.3 is 15.2 Å². The third-order valence-electron chi connectivity index (χ3n) is 2.49. The van der Waals surface area contributed by atoms with Gasteiger partial charge in [-0.05, 0) is 43.5 Å². The maximum Gasteiger partial charge on any atom is 0.125 e. The van der Waals surface area contributed by atoms with Crippen LogP contribution in [-0.2, 0) is 11.2 Å². The molecule has 0 saturated carbocycles. The van der Waals surface area contributed by atoms with Crippen molar-refractivity contribution >= 4 is 0 Å². The molecule has 3 heteroatoms. The van der Waals surface area contributed by atoms with E-state index >= 15 is 0 Å². The van der Waals surface area contributed by atoms with Gasteiger partial charge in [-0.1, -0.05) is 12.1 Å². The molecule has 0 bridgehead atoms. The van der Waals surface area contributed by atoms with Crippen molar-refractivity contribution in [3.63, 3.8) is 0 Å². The van der Waals surface area contributed by atoms with Gasteiger partial charge in [0.2, 0.25) is 0 Å². The Morgan fingerprint density at radius 3 is 2.25 bits per heavy atom. The molecule has 0 aliphatic carbocycles. The van der Waals surface area contributed by atoms with Gasteiger partial charge in [-0.15, -0.1) is 0 Å². The van der Waals surface area contributed by atoms with Gasteiger partial charge in [0.05, 0.1) is 6.61 Å². The number of aryl methyl sites for hydroxylation is 2. The second-order valence-electron chi connectivity index (χ2n) is 3.94. The molecule has 0 heterocycles. The van der Waals surface area contributed by atoms with E-state index < -0.39 is 0 Å². The molecule has 1 aromatic rings. The Labute approximate surface area is 97.6 Å². The summed E-state index contributed by atoms with van der Waals surface area (Å²) in [5.41, 5.74) is 9.16. The first kappa shape index (κ1) is 13.0. The Balaban J connectivity index is 2.77. The van der Waals surface area contributed by atoms with Crippen LogP contribution in [0.2, 0.25) is 0 Å². The van der Waals surface area contributed by atoms with Crippen molar-refractivity contribution in [2.24, 2.45) is 5.73 Å². The van der Waals surface area contributed by atoms with E-state index in [9.17, 15) is 0 Å². The molecule has 0 aliphatic rings. The minimum atomic E-state index is 0.592. The fourth-order valence-corrected chi connectivity index (χ4v) is 1.81. The molecule has 0 fully saturated rings. The summed E-state index contributed by atoms with van der Waals surface area (Å²) >= 11 is 0. The van der Waals surface area contributed by atoms with Crippen LogP contribution in [0.25, 0.3) is 0 Å². The van der Waals surface area contributed by atoms with Crippen LogP contribution in [-0.4, -0.2) is 26.9 Å². The highest BCUT2D eigenvalue weighted by Gasteiger charge is 2.06. The molecule has 0 unspecified atom stereocenters. The van der Waals surface area contributed by atoms with E-state index in [1.165, 1.54) is 16.7 Å². The van der Waals surface area contributed by atoms with Crippen LogP contribution in [0.15, 0.2) is 12.1 Å². The van der Waals surface area contributed by atoms with E-state index in [0.717, 1.165) is 12.2 Å². The molecule has 2 N–H and O–H groups in total. The van der Waals surface area contributed by atoms with E-state index in [1.54, 1.807) is 7.11 Å². The molecule has 0 atom stereocenters. The maximum atomic E-state index is 5.68. The van der Waals surface area contributed by atoms with Gasteiger partial charge in [-0.25, -0.2) is 0 Å². The Hall–Kier alpha value is -1.06. The normalized spacial score (nSPS) is 10.5. The fraction of sp³-hybridized carbons (Fsp3) is 0.538. The van der Waals surface area contributed by atoms with Crippen LogP contribution < -0.4 is 10.5 Å². The Kier molecular flexibility index (Phi) is 5.29. The fourth-order valence-electron chi connectivity index (χ4n) is 1.81. The molecule has 90 valence electrons. The second kappa shape index (κ2) is 6.51. The molecular weight excluding hydrogens is 202 g/mol. The van der Waals surface area contributed by atoms with Crippen LogP contribution in [0, 0.1) is 13.8 Å². The quantitative estimate of drug-likeness (QED) is 0.748. The van der Waals surface area contributed by atoms with Crippen LogP contribution in [0.3, 0.4) is 0 Å². The Morgan fingerprint density at radius 2 is 1.75 bits per heavy atom. The second-order valence-corrected chi connectivity index (χ2v) is 3.94. The summed E-state index contributed by atoms with van der Waals surface area (Å²) in [6.07, 6.45) is 0.917. The minimum Gasteiger partial charge on any atom is -0.491 e. The van der Waals surface area contributed by atoms with E-state index in [2.05, 4.69) is 26.0 Å². The number of hydrogen-bond acceptors (Lipinski definition) is 3. The molecule has 0 spiro atoms. The molecule has 3 nitrogen and oxygen atoms in total. The number of methoxy groups -OCH3 is 1. The lowest BCUT2D eigenvalue weighted by Gasteiger charge is -2.13. The lowest BCUT2D eigenvalue weighted by molar-refractivity contribution is 0.145. The van der Waals surface area contributed by atoms with E-state index in [4.69, 9.17) is 15.2 Å². The third kappa shape index (κ3) is 3.51. The first-order valence-corrected chi connectivity index (χ1v) is 5.61. The zero-order chi connectivity index (χ0) is 12.0. The van der Waals surface area contributed by atoms with Gasteiger partial charge in [0.15, 0.2) is 0 Å². The number of rotatable bonds is 6. The van der Waals surface area contributed by atoms with Gasteiger partial charge in [0.1, 0.15) is 12.4 Å². The summed E-state index contributed by atoms with van der Waals surface area (Å²) in [4.78, 5) is 0. The van der Waals surface area contributed by atoms with Crippen molar-refractivity contribution in [3.8, 4) is 5.75 Å². The van der Waals surface area contributed by atoms with E-state index in [-0.39, 0.29) is 0 Å². The first-order chi connectivity index (χ1) is 7.69. The first-order valence-electron chi connectivity index (χ1n) is 5.61. The van der Waals surface area contributed by atoms with Crippen LogP contribution in [0.1, 0.15) is 16.7 Å². The van der Waals surface area contributed by atoms with Crippen molar-refractivity contribution in [2.45, 2.75) is 20.3 Å². The van der Waals surface area contributed by atoms with Gasteiger partial charge in [-0.2, -0.15) is 0 Å². The highest BCUT2D eigenvalue weighted by atomic mass is 16.5. The summed E-state index contributed by atoms with van der Waals surface area (Å²) in [6.45, 7) is 6.02. The summed E-state index contributed by atoms with van der Waals surface area (Å²) in [5, 5.41) is 0. The molecule has 0 amide bonds. The SMILES string of the molecule is COCCOc1c(C)cc(CCN)cc1C. The van der Waals surface area contributed by atoms with Crippen molar-refractivity contribution in [1.82, 2.24) is 0 Å². The average Bonchev–Trinajstić information content (AvgIpc) is 2.23. The molecule has 0 saturated heterocycles. The third-order valence-corrected chi connectivity index (χ3v) is 2.49. The standard InChI is InChI=1S/C13H21NO2/c1-10-8-12(4-5-14)9-11(2)13(10)16-7-6-15-3/h8-9H,4-7,14H2,1-3H3. The highest BCUT2D eigenvalue weighted by Crippen LogP contribution is 2.24. The van der Waals surface area contributed by atoms with Gasteiger partial charge in [0, 0.05) is 7.11 Å². The lowest BCUT2D eigenvalue weighted by Crippen LogP contribution is -2.08. The molecular formula is C13H21NO2. The van der Waals surface area contributed by atoms with Crippen molar-refractivity contribution in [1.29, 1.82) is 0 Å². The largest absolute Gasteiger partial charge is 0.491 e. The zero-order valence-corrected chi connectivity index (χ0v) is 10.4. The zero-order valence-electron chi connectivity index (χ0n) is 10.4. The van der Waals surface area contributed by atoms with Gasteiger partial charge in [-0.3, -0.25) is 0 Å².